The third-order valence-corrected chi connectivity index (χ3v) is 9.29. The van der Waals surface area contributed by atoms with Gasteiger partial charge >= 0.3 is 0 Å². The van der Waals surface area contributed by atoms with Crippen molar-refractivity contribution in [3.05, 3.63) is 111 Å². The summed E-state index contributed by atoms with van der Waals surface area (Å²) in [5.74, 6) is -0.214. The number of halogens is 3. The first-order valence-electron chi connectivity index (χ1n) is 16.8. The van der Waals surface area contributed by atoms with E-state index < -0.39 is 17.7 Å². The Kier molecular flexibility index (Phi) is 13.3. The highest BCUT2D eigenvalue weighted by Gasteiger charge is 2.17. The average Bonchev–Trinajstić information content (AvgIpc) is 3.63. The van der Waals surface area contributed by atoms with Crippen molar-refractivity contribution in [2.75, 3.05) is 39.5 Å². The molecule has 0 aliphatic carbocycles. The number of aliphatic hydroxyl groups excluding tert-OH is 2. The normalized spacial score (nSPS) is 13.3. The van der Waals surface area contributed by atoms with Gasteiger partial charge in [-0.1, -0.05) is 48.0 Å². The van der Waals surface area contributed by atoms with Gasteiger partial charge in [0.25, 0.3) is 0 Å². The molecule has 0 atom stereocenters. The molecule has 49 heavy (non-hydrogen) atoms. The smallest absolute Gasteiger partial charge is 0.159 e. The number of rotatable bonds is 17. The molecule has 4 aromatic rings. The molecule has 1 heterocycles. The fourth-order valence-electron chi connectivity index (χ4n) is 6.02. The molecule has 0 saturated carbocycles. The molecule has 4 aromatic carbocycles. The molecule has 1 fully saturated rings. The van der Waals surface area contributed by atoms with Crippen molar-refractivity contribution >= 4 is 11.6 Å². The fourth-order valence-corrected chi connectivity index (χ4v) is 6.26. The highest BCUT2D eigenvalue weighted by atomic mass is 35.5. The van der Waals surface area contributed by atoms with E-state index in [2.05, 4.69) is 36.2 Å². The Hall–Kier alpha value is -3.73. The Labute approximate surface area is 292 Å². The molecule has 10 heteroatoms. The van der Waals surface area contributed by atoms with E-state index in [4.69, 9.17) is 25.8 Å². The van der Waals surface area contributed by atoms with Crippen LogP contribution < -0.4 is 19.5 Å². The number of likely N-dealkylation sites (tertiary alicyclic amines) is 1. The summed E-state index contributed by atoms with van der Waals surface area (Å²) >= 11 is 6.69. The standard InChI is InChI=1S/C39H45ClF2N2O5/c1-26-29(8-5-9-32(26)33-10-6-11-37(27(33)2)47-17-7-16-44-14-3-4-15-44)25-49-39-20-38(48-24-28-12-13-35(41)36(42)18-28)30(19-34(39)40)21-43-31(22-45)23-46/h5-6,8-13,18-20,31,43,45-46H,3-4,7,14-17,21-25H2,1-2H3. The minimum Gasteiger partial charge on any atom is -0.493 e. The van der Waals surface area contributed by atoms with Crippen molar-refractivity contribution < 1.29 is 33.2 Å². The SMILES string of the molecule is Cc1c(COc2cc(OCc3ccc(F)c(F)c3)c(CNC(CO)CO)cc2Cl)cccc1-c1cccc(OCCCN2CCCC2)c1C. The fraction of sp³-hybridized carbons (Fsp3) is 0.385. The van der Waals surface area contributed by atoms with Gasteiger partial charge in [0, 0.05) is 24.7 Å². The predicted molar refractivity (Wildman–Crippen MR) is 188 cm³/mol. The molecule has 0 amide bonds. The van der Waals surface area contributed by atoms with E-state index in [-0.39, 0.29) is 33.0 Å². The van der Waals surface area contributed by atoms with Crippen molar-refractivity contribution in [1.29, 1.82) is 0 Å². The zero-order valence-electron chi connectivity index (χ0n) is 28.1. The molecule has 5 rings (SSSR count). The second kappa shape index (κ2) is 17.8. The average molecular weight is 695 g/mol. The lowest BCUT2D eigenvalue weighted by Gasteiger charge is -2.19. The molecular formula is C39H45ClF2N2O5. The summed E-state index contributed by atoms with van der Waals surface area (Å²) in [5.41, 5.74) is 6.41. The molecule has 7 nitrogen and oxygen atoms in total. The molecule has 1 saturated heterocycles. The molecule has 0 bridgehead atoms. The van der Waals surface area contributed by atoms with Crippen LogP contribution in [-0.2, 0) is 19.8 Å². The van der Waals surface area contributed by atoms with Gasteiger partial charge < -0.3 is 34.6 Å². The van der Waals surface area contributed by atoms with E-state index >= 15 is 0 Å². The van der Waals surface area contributed by atoms with Crippen molar-refractivity contribution in [1.82, 2.24) is 10.2 Å². The topological polar surface area (TPSA) is 83.4 Å². The summed E-state index contributed by atoms with van der Waals surface area (Å²) in [5, 5.41) is 22.4. The Bertz CT molecular complexity index is 1690. The van der Waals surface area contributed by atoms with Crippen LogP contribution in [0.3, 0.4) is 0 Å². The maximum atomic E-state index is 13.8. The maximum Gasteiger partial charge on any atom is 0.159 e. The summed E-state index contributed by atoms with van der Waals surface area (Å²) in [4.78, 5) is 2.50. The molecule has 0 unspecified atom stereocenters. The van der Waals surface area contributed by atoms with Crippen LogP contribution in [0.15, 0.2) is 66.7 Å². The summed E-state index contributed by atoms with van der Waals surface area (Å²) in [6.45, 7) is 8.20. The Morgan fingerprint density at radius 3 is 2.22 bits per heavy atom. The first-order valence-corrected chi connectivity index (χ1v) is 17.2. The summed E-state index contributed by atoms with van der Waals surface area (Å²) in [7, 11) is 0. The number of hydrogen-bond donors (Lipinski definition) is 3. The van der Waals surface area contributed by atoms with Crippen molar-refractivity contribution in [3.8, 4) is 28.4 Å². The van der Waals surface area contributed by atoms with Gasteiger partial charge in [0.2, 0.25) is 0 Å². The minimum atomic E-state index is -0.961. The number of benzene rings is 4. The minimum absolute atomic E-state index is 0.0313. The first kappa shape index (κ1) is 36.5. The molecule has 0 aromatic heterocycles. The second-order valence-electron chi connectivity index (χ2n) is 12.4. The van der Waals surface area contributed by atoms with E-state index in [1.165, 1.54) is 32.0 Å². The van der Waals surface area contributed by atoms with Crippen LogP contribution in [0.1, 0.15) is 47.1 Å². The quantitative estimate of drug-likeness (QED) is 0.0997. The largest absolute Gasteiger partial charge is 0.493 e. The van der Waals surface area contributed by atoms with Crippen LogP contribution in [0.5, 0.6) is 17.2 Å². The van der Waals surface area contributed by atoms with E-state index in [1.54, 1.807) is 12.1 Å². The van der Waals surface area contributed by atoms with Crippen LogP contribution in [0, 0.1) is 25.5 Å². The lowest BCUT2D eigenvalue weighted by atomic mass is 9.93. The summed E-state index contributed by atoms with van der Waals surface area (Å²) in [6.07, 6.45) is 3.58. The van der Waals surface area contributed by atoms with Gasteiger partial charge in [-0.2, -0.15) is 0 Å². The lowest BCUT2D eigenvalue weighted by Crippen LogP contribution is -2.35. The lowest BCUT2D eigenvalue weighted by molar-refractivity contribution is 0.170. The van der Waals surface area contributed by atoms with Crippen LogP contribution >= 0.6 is 11.6 Å². The number of nitrogens with one attached hydrogen (secondary N) is 1. The number of aliphatic hydroxyl groups is 2. The van der Waals surface area contributed by atoms with Gasteiger partial charge in [0.15, 0.2) is 11.6 Å². The van der Waals surface area contributed by atoms with Gasteiger partial charge in [0.1, 0.15) is 30.5 Å². The van der Waals surface area contributed by atoms with E-state index in [0.29, 0.717) is 34.3 Å². The Balaban J connectivity index is 1.31. The van der Waals surface area contributed by atoms with E-state index in [0.717, 1.165) is 58.7 Å². The molecular weight excluding hydrogens is 650 g/mol. The molecule has 1 aliphatic rings. The van der Waals surface area contributed by atoms with Crippen LogP contribution in [0.2, 0.25) is 5.02 Å². The summed E-state index contributed by atoms with van der Waals surface area (Å²) in [6, 6.07) is 18.7. The van der Waals surface area contributed by atoms with Gasteiger partial charge in [-0.15, -0.1) is 0 Å². The molecule has 0 spiro atoms. The van der Waals surface area contributed by atoms with E-state index in [9.17, 15) is 19.0 Å². The Morgan fingerprint density at radius 2 is 1.49 bits per heavy atom. The summed E-state index contributed by atoms with van der Waals surface area (Å²) < 4.78 is 45.8. The molecule has 3 N–H and O–H groups in total. The Morgan fingerprint density at radius 1 is 0.776 bits per heavy atom. The van der Waals surface area contributed by atoms with Crippen LogP contribution in [0.4, 0.5) is 8.78 Å². The van der Waals surface area contributed by atoms with Gasteiger partial charge in [-0.05, 0) is 104 Å². The zero-order chi connectivity index (χ0) is 34.8. The van der Waals surface area contributed by atoms with Crippen molar-refractivity contribution in [2.45, 2.75) is 58.9 Å². The van der Waals surface area contributed by atoms with Gasteiger partial charge in [-0.25, -0.2) is 8.78 Å². The second-order valence-corrected chi connectivity index (χ2v) is 12.8. The van der Waals surface area contributed by atoms with Gasteiger partial charge in [0.05, 0.1) is 30.9 Å². The highest BCUT2D eigenvalue weighted by molar-refractivity contribution is 6.32. The number of ether oxygens (including phenoxy) is 3. The monoisotopic (exact) mass is 694 g/mol. The molecule has 1 aliphatic heterocycles. The van der Waals surface area contributed by atoms with Crippen LogP contribution in [-0.4, -0.2) is 60.6 Å². The third-order valence-electron chi connectivity index (χ3n) is 8.99. The first-order chi connectivity index (χ1) is 23.8. The van der Waals surface area contributed by atoms with E-state index in [1.807, 2.05) is 24.3 Å². The third kappa shape index (κ3) is 9.71. The van der Waals surface area contributed by atoms with Crippen molar-refractivity contribution in [2.24, 2.45) is 0 Å². The maximum absolute atomic E-state index is 13.8. The number of hydrogen-bond acceptors (Lipinski definition) is 7. The zero-order valence-corrected chi connectivity index (χ0v) is 28.9. The predicted octanol–water partition coefficient (Wildman–Crippen LogP) is 7.37. The number of nitrogens with zero attached hydrogens (tertiary/aromatic N) is 1. The highest BCUT2D eigenvalue weighted by Crippen LogP contribution is 2.36. The van der Waals surface area contributed by atoms with Gasteiger partial charge in [-0.3, -0.25) is 0 Å². The van der Waals surface area contributed by atoms with Crippen LogP contribution in [0.25, 0.3) is 11.1 Å². The molecule has 0 radical (unpaired) electrons. The molecule has 262 valence electrons. The van der Waals surface area contributed by atoms with Crippen molar-refractivity contribution in [3.63, 3.8) is 0 Å².